The van der Waals surface area contributed by atoms with E-state index >= 15 is 0 Å². The Morgan fingerprint density at radius 2 is 1.95 bits per heavy atom. The Labute approximate surface area is 126 Å². The van der Waals surface area contributed by atoms with Gasteiger partial charge in [-0.15, -0.1) is 0 Å². The molecule has 0 radical (unpaired) electrons. The van der Waals surface area contributed by atoms with Crippen molar-refractivity contribution >= 4 is 5.91 Å². The predicted molar refractivity (Wildman–Crippen MR) is 83.9 cm³/mol. The Bertz CT molecular complexity index is 575. The highest BCUT2D eigenvalue weighted by atomic mass is 16.2. The monoisotopic (exact) mass is 285 g/mol. The van der Waals surface area contributed by atoms with Crippen molar-refractivity contribution < 1.29 is 4.79 Å². The smallest absolute Gasteiger partial charge is 0.248 e. The Balaban J connectivity index is 2.08. The van der Waals surface area contributed by atoms with E-state index in [2.05, 4.69) is 11.9 Å². The molecule has 2 aromatic rings. The molecule has 2 aromatic heterocycles. The van der Waals surface area contributed by atoms with Crippen LogP contribution in [0.5, 0.6) is 0 Å². The molecule has 0 bridgehead atoms. The number of likely N-dealkylation sites (N-methyl/N-ethyl adjacent to an activating group) is 1. The minimum Gasteiger partial charge on any atom is -0.341 e. The Kier molecular flexibility index (Phi) is 4.46. The lowest BCUT2D eigenvalue weighted by Crippen LogP contribution is -2.48. The second kappa shape index (κ2) is 6.12. The highest BCUT2D eigenvalue weighted by Gasteiger charge is 2.33. The van der Waals surface area contributed by atoms with Gasteiger partial charge >= 0.3 is 0 Å². The molecule has 0 unspecified atom stereocenters. The molecule has 112 valence electrons. The second-order valence-corrected chi connectivity index (χ2v) is 5.94. The van der Waals surface area contributed by atoms with E-state index in [-0.39, 0.29) is 11.9 Å². The zero-order valence-corrected chi connectivity index (χ0v) is 13.2. The molecule has 1 atom stereocenters. The lowest BCUT2D eigenvalue weighted by molar-refractivity contribution is -0.139. The maximum absolute atomic E-state index is 12.8. The van der Waals surface area contributed by atoms with Gasteiger partial charge in [0.25, 0.3) is 0 Å². The molecular weight excluding hydrogens is 262 g/mol. The van der Waals surface area contributed by atoms with Gasteiger partial charge in [-0.25, -0.2) is 0 Å². The predicted octanol–water partition coefficient (Wildman–Crippen LogP) is 2.71. The largest absolute Gasteiger partial charge is 0.341 e. The minimum atomic E-state index is -0.587. The van der Waals surface area contributed by atoms with Gasteiger partial charge in [0.2, 0.25) is 5.91 Å². The number of hydrogen-bond acceptors (Lipinski definition) is 2. The van der Waals surface area contributed by atoms with Gasteiger partial charge in [0.05, 0.1) is 0 Å². The summed E-state index contributed by atoms with van der Waals surface area (Å²) < 4.78 is 1.94. The van der Waals surface area contributed by atoms with E-state index in [4.69, 9.17) is 0 Å². The van der Waals surface area contributed by atoms with Gasteiger partial charge in [-0.3, -0.25) is 9.78 Å². The number of amides is 1. The third-order valence-electron chi connectivity index (χ3n) is 3.99. The van der Waals surface area contributed by atoms with Crippen molar-refractivity contribution in [1.29, 1.82) is 0 Å². The Hall–Kier alpha value is -2.10. The quantitative estimate of drug-likeness (QED) is 0.847. The SMILES string of the molecule is C[C@H](Cc1ccccn1)N(C)C(=O)C(C)(C)n1cccc1. The number of nitrogens with zero attached hydrogens (tertiary/aromatic N) is 3. The molecule has 2 heterocycles. The molecule has 0 N–H and O–H groups in total. The average molecular weight is 285 g/mol. The van der Waals surface area contributed by atoms with Crippen LogP contribution in [0.15, 0.2) is 48.9 Å². The molecule has 0 aliphatic rings. The molecule has 4 nitrogen and oxygen atoms in total. The van der Waals surface area contributed by atoms with Crippen molar-refractivity contribution in [1.82, 2.24) is 14.5 Å². The van der Waals surface area contributed by atoms with Crippen LogP contribution in [0, 0.1) is 0 Å². The van der Waals surface area contributed by atoms with Crippen LogP contribution >= 0.6 is 0 Å². The third-order valence-corrected chi connectivity index (χ3v) is 3.99. The molecule has 0 aromatic carbocycles. The standard InChI is InChI=1S/C17H23N3O/c1-14(13-15-9-5-6-10-18-15)19(4)16(21)17(2,3)20-11-7-8-12-20/h5-12,14H,13H2,1-4H3/t14-/m1/s1. The first-order valence-corrected chi connectivity index (χ1v) is 7.23. The van der Waals surface area contributed by atoms with Crippen LogP contribution < -0.4 is 0 Å². The highest BCUT2D eigenvalue weighted by Crippen LogP contribution is 2.20. The molecule has 21 heavy (non-hydrogen) atoms. The number of pyridine rings is 1. The van der Waals surface area contributed by atoms with E-state index in [9.17, 15) is 4.79 Å². The summed E-state index contributed by atoms with van der Waals surface area (Å²) in [5.41, 5.74) is 0.416. The van der Waals surface area contributed by atoms with Gasteiger partial charge in [0.1, 0.15) is 5.54 Å². The zero-order chi connectivity index (χ0) is 15.5. The van der Waals surface area contributed by atoms with Crippen LogP contribution in [-0.4, -0.2) is 33.4 Å². The van der Waals surface area contributed by atoms with E-state index in [1.807, 2.05) is 73.1 Å². The van der Waals surface area contributed by atoms with Gasteiger partial charge in [0, 0.05) is 43.8 Å². The van der Waals surface area contributed by atoms with Crippen LogP contribution in [0.1, 0.15) is 26.5 Å². The summed E-state index contributed by atoms with van der Waals surface area (Å²) in [5, 5.41) is 0. The van der Waals surface area contributed by atoms with Gasteiger partial charge in [-0.2, -0.15) is 0 Å². The fraction of sp³-hybridized carbons (Fsp3) is 0.412. The number of carbonyl (C=O) groups excluding carboxylic acids is 1. The number of hydrogen-bond donors (Lipinski definition) is 0. The lowest BCUT2D eigenvalue weighted by Gasteiger charge is -2.34. The summed E-state index contributed by atoms with van der Waals surface area (Å²) in [7, 11) is 1.86. The normalized spacial score (nSPS) is 13.0. The first kappa shape index (κ1) is 15.3. The Morgan fingerprint density at radius 1 is 1.29 bits per heavy atom. The summed E-state index contributed by atoms with van der Waals surface area (Å²) in [6.07, 6.45) is 6.39. The molecular formula is C17H23N3O. The maximum atomic E-state index is 12.8. The van der Waals surface area contributed by atoms with Crippen molar-refractivity contribution in [3.05, 3.63) is 54.6 Å². The van der Waals surface area contributed by atoms with E-state index < -0.39 is 5.54 Å². The van der Waals surface area contributed by atoms with Crippen LogP contribution in [0.25, 0.3) is 0 Å². The minimum absolute atomic E-state index is 0.0992. The molecule has 1 amide bonds. The van der Waals surface area contributed by atoms with E-state index in [0.29, 0.717) is 0 Å². The van der Waals surface area contributed by atoms with E-state index in [1.165, 1.54) is 0 Å². The first-order chi connectivity index (χ1) is 9.93. The highest BCUT2D eigenvalue weighted by molar-refractivity contribution is 5.83. The number of aromatic nitrogens is 2. The van der Waals surface area contributed by atoms with Crippen molar-refractivity contribution in [3.63, 3.8) is 0 Å². The summed E-state index contributed by atoms with van der Waals surface area (Å²) in [4.78, 5) is 18.9. The van der Waals surface area contributed by atoms with Crippen molar-refractivity contribution in [2.24, 2.45) is 0 Å². The summed E-state index contributed by atoms with van der Waals surface area (Å²) in [6, 6.07) is 9.84. The third kappa shape index (κ3) is 3.32. The van der Waals surface area contributed by atoms with E-state index in [1.54, 1.807) is 6.20 Å². The molecule has 4 heteroatoms. The van der Waals surface area contributed by atoms with Crippen molar-refractivity contribution in [2.75, 3.05) is 7.05 Å². The van der Waals surface area contributed by atoms with Crippen LogP contribution in [0.4, 0.5) is 0 Å². The zero-order valence-electron chi connectivity index (χ0n) is 13.2. The van der Waals surface area contributed by atoms with Gasteiger partial charge in [-0.05, 0) is 45.0 Å². The van der Waals surface area contributed by atoms with Crippen LogP contribution in [0.2, 0.25) is 0 Å². The van der Waals surface area contributed by atoms with Crippen LogP contribution in [-0.2, 0) is 16.8 Å². The van der Waals surface area contributed by atoms with Crippen molar-refractivity contribution in [2.45, 2.75) is 38.8 Å². The fourth-order valence-corrected chi connectivity index (χ4v) is 2.41. The molecule has 0 aliphatic carbocycles. The fourth-order valence-electron chi connectivity index (χ4n) is 2.41. The van der Waals surface area contributed by atoms with E-state index in [0.717, 1.165) is 12.1 Å². The van der Waals surface area contributed by atoms with Crippen molar-refractivity contribution in [3.8, 4) is 0 Å². The number of carbonyl (C=O) groups is 1. The lowest BCUT2D eigenvalue weighted by atomic mass is 10.0. The first-order valence-electron chi connectivity index (χ1n) is 7.23. The molecule has 0 spiro atoms. The Morgan fingerprint density at radius 3 is 2.52 bits per heavy atom. The molecule has 2 rings (SSSR count). The van der Waals surface area contributed by atoms with Crippen LogP contribution in [0.3, 0.4) is 0 Å². The summed E-state index contributed by atoms with van der Waals surface area (Å²) in [6.45, 7) is 5.94. The average Bonchev–Trinajstić information content (AvgIpc) is 3.01. The molecule has 0 saturated carbocycles. The van der Waals surface area contributed by atoms with Gasteiger partial charge in [-0.1, -0.05) is 6.07 Å². The molecule has 0 fully saturated rings. The maximum Gasteiger partial charge on any atom is 0.248 e. The number of rotatable bonds is 5. The van der Waals surface area contributed by atoms with Gasteiger partial charge < -0.3 is 9.47 Å². The topological polar surface area (TPSA) is 38.1 Å². The summed E-state index contributed by atoms with van der Waals surface area (Å²) >= 11 is 0. The molecule has 0 aliphatic heterocycles. The molecule has 0 saturated heterocycles. The summed E-state index contributed by atoms with van der Waals surface area (Å²) in [5.74, 6) is 0.0992. The van der Waals surface area contributed by atoms with Gasteiger partial charge in [0.15, 0.2) is 0 Å². The second-order valence-electron chi connectivity index (χ2n) is 5.94.